The first kappa shape index (κ1) is 19.0. The maximum Gasteiger partial charge on any atom is 0.257 e. The number of carbonyl (C=O) groups excluding carboxylic acids is 1. The predicted molar refractivity (Wildman–Crippen MR) is 104 cm³/mol. The van der Waals surface area contributed by atoms with E-state index in [0.717, 1.165) is 11.5 Å². The van der Waals surface area contributed by atoms with E-state index in [-0.39, 0.29) is 0 Å². The average Bonchev–Trinajstić information content (AvgIpc) is 2.65. The van der Waals surface area contributed by atoms with Crippen LogP contribution in [0.15, 0.2) is 53.9 Å². The van der Waals surface area contributed by atoms with Crippen LogP contribution in [-0.4, -0.2) is 27.5 Å². The van der Waals surface area contributed by atoms with Gasteiger partial charge >= 0.3 is 0 Å². The van der Waals surface area contributed by atoms with E-state index in [1.165, 1.54) is 12.2 Å². The van der Waals surface area contributed by atoms with Gasteiger partial charge in [-0.2, -0.15) is 0 Å². The van der Waals surface area contributed by atoms with E-state index >= 15 is 0 Å². The topological polar surface area (TPSA) is 81.7 Å². The van der Waals surface area contributed by atoms with Gasteiger partial charge in [-0.25, -0.2) is 13.1 Å². The fraction of sp³-hybridized carbons (Fsp3) is 0.105. The van der Waals surface area contributed by atoms with Crippen LogP contribution >= 0.6 is 11.6 Å². The normalized spacial score (nSPS) is 13.8. The van der Waals surface area contributed by atoms with Crippen molar-refractivity contribution in [1.82, 2.24) is 4.72 Å². The van der Waals surface area contributed by atoms with Crippen LogP contribution in [0.2, 0.25) is 5.02 Å². The Morgan fingerprint density at radius 3 is 2.56 bits per heavy atom. The number of nitrogens with one attached hydrogen (secondary N) is 1. The van der Waals surface area contributed by atoms with Gasteiger partial charge in [0, 0.05) is 6.08 Å². The van der Waals surface area contributed by atoms with Gasteiger partial charge in [-0.15, -0.1) is 0 Å². The molecule has 140 valence electrons. The SMILES string of the molecule is O=C(C=Cc1cc(Cl)c2c(c1)OCCO2)NS(=O)(=O)C=Cc1ccccc1. The number of rotatable bonds is 5. The summed E-state index contributed by atoms with van der Waals surface area (Å²) in [4.78, 5) is 11.9. The molecular formula is C19H16ClNO5S. The molecule has 0 radical (unpaired) electrons. The largest absolute Gasteiger partial charge is 0.486 e. The minimum atomic E-state index is -3.91. The summed E-state index contributed by atoms with van der Waals surface area (Å²) in [6.45, 7) is 0.821. The van der Waals surface area contributed by atoms with Crippen molar-refractivity contribution in [3.8, 4) is 11.5 Å². The molecule has 0 bridgehead atoms. The van der Waals surface area contributed by atoms with Gasteiger partial charge in [-0.3, -0.25) is 4.79 Å². The molecule has 1 aliphatic heterocycles. The molecule has 0 spiro atoms. The maximum atomic E-state index is 12.0. The van der Waals surface area contributed by atoms with E-state index in [1.807, 2.05) is 10.8 Å². The number of benzene rings is 2. The Kier molecular flexibility index (Phi) is 5.83. The smallest absolute Gasteiger partial charge is 0.257 e. The lowest BCUT2D eigenvalue weighted by atomic mass is 10.2. The van der Waals surface area contributed by atoms with E-state index < -0.39 is 15.9 Å². The first-order valence-corrected chi connectivity index (χ1v) is 9.92. The summed E-state index contributed by atoms with van der Waals surface area (Å²) in [6.07, 6.45) is 3.95. The molecule has 0 unspecified atom stereocenters. The highest BCUT2D eigenvalue weighted by molar-refractivity contribution is 7.93. The van der Waals surface area contributed by atoms with Gasteiger partial charge in [0.25, 0.3) is 15.9 Å². The molecular weight excluding hydrogens is 390 g/mol. The summed E-state index contributed by atoms with van der Waals surface area (Å²) in [6, 6.07) is 12.1. The Morgan fingerprint density at radius 2 is 1.78 bits per heavy atom. The van der Waals surface area contributed by atoms with Gasteiger partial charge in [0.1, 0.15) is 13.2 Å². The summed E-state index contributed by atoms with van der Waals surface area (Å²) in [7, 11) is -3.91. The first-order chi connectivity index (χ1) is 12.9. The van der Waals surface area contributed by atoms with Crippen LogP contribution in [0.5, 0.6) is 11.5 Å². The van der Waals surface area contributed by atoms with Crippen LogP contribution in [0, 0.1) is 0 Å². The third-order valence-electron chi connectivity index (χ3n) is 3.53. The van der Waals surface area contributed by atoms with Crippen molar-refractivity contribution in [2.75, 3.05) is 13.2 Å². The van der Waals surface area contributed by atoms with Crippen LogP contribution in [0.25, 0.3) is 12.2 Å². The lowest BCUT2D eigenvalue weighted by Gasteiger charge is -2.19. The summed E-state index contributed by atoms with van der Waals surface area (Å²) in [5, 5.41) is 1.29. The quantitative estimate of drug-likeness (QED) is 0.772. The molecule has 1 aliphatic rings. The first-order valence-electron chi connectivity index (χ1n) is 8.00. The third kappa shape index (κ3) is 5.35. The van der Waals surface area contributed by atoms with E-state index in [4.69, 9.17) is 21.1 Å². The highest BCUT2D eigenvalue weighted by Gasteiger charge is 2.16. The Bertz CT molecular complexity index is 1000. The monoisotopic (exact) mass is 405 g/mol. The lowest BCUT2D eigenvalue weighted by molar-refractivity contribution is -0.114. The zero-order valence-electron chi connectivity index (χ0n) is 14.1. The minimum absolute atomic E-state index is 0.352. The summed E-state index contributed by atoms with van der Waals surface area (Å²) >= 11 is 6.12. The third-order valence-corrected chi connectivity index (χ3v) is 4.79. The Labute approximate surface area is 162 Å². The molecule has 2 aromatic carbocycles. The molecule has 0 saturated carbocycles. The fourth-order valence-electron chi connectivity index (χ4n) is 2.34. The zero-order valence-corrected chi connectivity index (χ0v) is 15.7. The van der Waals surface area contributed by atoms with Crippen molar-refractivity contribution in [3.05, 3.63) is 70.1 Å². The van der Waals surface area contributed by atoms with Crippen LogP contribution in [0.3, 0.4) is 0 Å². The lowest BCUT2D eigenvalue weighted by Crippen LogP contribution is -2.26. The Balaban J connectivity index is 1.66. The van der Waals surface area contributed by atoms with E-state index in [0.29, 0.717) is 40.9 Å². The number of ether oxygens (including phenoxy) is 2. The summed E-state index contributed by atoms with van der Waals surface area (Å²) in [5.74, 6) is 0.157. The molecule has 0 atom stereocenters. The summed E-state index contributed by atoms with van der Waals surface area (Å²) in [5.41, 5.74) is 1.29. The molecule has 6 nitrogen and oxygen atoms in total. The predicted octanol–water partition coefficient (Wildman–Crippen LogP) is 3.24. The second kappa shape index (κ2) is 8.28. The van der Waals surface area contributed by atoms with E-state index in [1.54, 1.807) is 36.4 Å². The van der Waals surface area contributed by atoms with Gasteiger partial charge in [0.05, 0.1) is 10.4 Å². The van der Waals surface area contributed by atoms with Crippen molar-refractivity contribution in [3.63, 3.8) is 0 Å². The molecule has 0 aliphatic carbocycles. The van der Waals surface area contributed by atoms with Crippen molar-refractivity contribution in [1.29, 1.82) is 0 Å². The Morgan fingerprint density at radius 1 is 1.04 bits per heavy atom. The number of fused-ring (bicyclic) bond motifs is 1. The van der Waals surface area contributed by atoms with Crippen LogP contribution < -0.4 is 14.2 Å². The molecule has 0 fully saturated rings. The van der Waals surface area contributed by atoms with Crippen molar-refractivity contribution in [2.24, 2.45) is 0 Å². The number of carbonyl (C=O) groups is 1. The van der Waals surface area contributed by atoms with Crippen LogP contribution in [0.4, 0.5) is 0 Å². The van der Waals surface area contributed by atoms with Crippen molar-refractivity contribution in [2.45, 2.75) is 0 Å². The molecule has 1 amide bonds. The van der Waals surface area contributed by atoms with Crippen LogP contribution in [-0.2, 0) is 14.8 Å². The highest BCUT2D eigenvalue weighted by Crippen LogP contribution is 2.38. The molecule has 27 heavy (non-hydrogen) atoms. The van der Waals surface area contributed by atoms with Gasteiger partial charge < -0.3 is 9.47 Å². The number of amides is 1. The number of hydrogen-bond donors (Lipinski definition) is 1. The second-order valence-corrected chi connectivity index (χ2v) is 7.56. The highest BCUT2D eigenvalue weighted by atomic mass is 35.5. The molecule has 0 saturated heterocycles. The number of sulfonamides is 1. The van der Waals surface area contributed by atoms with Crippen molar-refractivity contribution < 1.29 is 22.7 Å². The summed E-state index contributed by atoms with van der Waals surface area (Å²) < 4.78 is 36.7. The molecule has 3 rings (SSSR count). The van der Waals surface area contributed by atoms with E-state index in [2.05, 4.69) is 0 Å². The number of hydrogen-bond acceptors (Lipinski definition) is 5. The van der Waals surface area contributed by atoms with Gasteiger partial charge in [-0.1, -0.05) is 41.9 Å². The minimum Gasteiger partial charge on any atom is -0.486 e. The molecule has 1 heterocycles. The molecule has 2 aromatic rings. The second-order valence-electron chi connectivity index (χ2n) is 5.58. The van der Waals surface area contributed by atoms with Crippen LogP contribution in [0.1, 0.15) is 11.1 Å². The maximum absolute atomic E-state index is 12.0. The zero-order chi connectivity index (χ0) is 19.3. The average molecular weight is 406 g/mol. The van der Waals surface area contributed by atoms with Gasteiger partial charge in [0.2, 0.25) is 0 Å². The standard InChI is InChI=1S/C19H16ClNO5S/c20-16-12-15(13-17-19(16)26-10-9-25-17)6-7-18(22)21-27(23,24)11-8-14-4-2-1-3-5-14/h1-8,11-13H,9-10H2,(H,21,22). The van der Waals surface area contributed by atoms with Gasteiger partial charge in [-0.05, 0) is 35.4 Å². The molecule has 0 aromatic heterocycles. The van der Waals surface area contributed by atoms with Crippen molar-refractivity contribution >= 4 is 39.7 Å². The number of halogens is 1. The molecule has 8 heteroatoms. The van der Waals surface area contributed by atoms with Gasteiger partial charge in [0.15, 0.2) is 11.5 Å². The Hall–Kier alpha value is -2.77. The molecule has 1 N–H and O–H groups in total. The van der Waals surface area contributed by atoms with E-state index in [9.17, 15) is 13.2 Å². The fourth-order valence-corrected chi connectivity index (χ4v) is 3.37.